The lowest BCUT2D eigenvalue weighted by Crippen LogP contribution is -2.85. The highest BCUT2D eigenvalue weighted by Crippen LogP contribution is 2.03. The first kappa shape index (κ1) is 12.5. The quantitative estimate of drug-likeness (QED) is 0.620. The molecule has 88 valence electrons. The van der Waals surface area contributed by atoms with Gasteiger partial charge in [0.25, 0.3) is 0 Å². The molecule has 0 atom stereocenters. The summed E-state index contributed by atoms with van der Waals surface area (Å²) in [5.41, 5.74) is 6.01. The van der Waals surface area contributed by atoms with Crippen LogP contribution in [0.2, 0.25) is 0 Å². The minimum absolute atomic E-state index is 0.147. The standard InChI is InChI=1S/C7H7NO2.C5H11N/c8-6-3-1-5(2-4-6)7(9)10;1-2-4-6-5-3-1/h1-4H,8H2,(H,9,10);6H,1-5H2. The largest absolute Gasteiger partial charge is 0.545 e. The van der Waals surface area contributed by atoms with Gasteiger partial charge in [0.15, 0.2) is 0 Å². The van der Waals surface area contributed by atoms with E-state index in [4.69, 9.17) is 5.73 Å². The van der Waals surface area contributed by atoms with Crippen molar-refractivity contribution in [2.45, 2.75) is 19.3 Å². The van der Waals surface area contributed by atoms with Gasteiger partial charge in [-0.05, 0) is 37.0 Å². The van der Waals surface area contributed by atoms with Crippen molar-refractivity contribution in [1.82, 2.24) is 0 Å². The molecule has 0 unspecified atom stereocenters. The van der Waals surface area contributed by atoms with Gasteiger partial charge in [-0.2, -0.15) is 0 Å². The van der Waals surface area contributed by atoms with Gasteiger partial charge in [-0.15, -0.1) is 0 Å². The van der Waals surface area contributed by atoms with Crippen molar-refractivity contribution in [2.75, 3.05) is 18.8 Å². The van der Waals surface area contributed by atoms with E-state index in [9.17, 15) is 9.90 Å². The lowest BCUT2D eigenvalue weighted by molar-refractivity contribution is -0.662. The van der Waals surface area contributed by atoms with Gasteiger partial charge in [0.2, 0.25) is 0 Å². The van der Waals surface area contributed by atoms with E-state index in [1.165, 1.54) is 56.6 Å². The smallest absolute Gasteiger partial charge is 0.0755 e. The second kappa shape index (κ2) is 6.85. The van der Waals surface area contributed by atoms with E-state index in [1.807, 2.05) is 0 Å². The Morgan fingerprint density at radius 3 is 2.00 bits per heavy atom. The summed E-state index contributed by atoms with van der Waals surface area (Å²) in [6.07, 6.45) is 4.36. The van der Waals surface area contributed by atoms with Gasteiger partial charge in [0.1, 0.15) is 0 Å². The topological polar surface area (TPSA) is 82.8 Å². The summed E-state index contributed by atoms with van der Waals surface area (Å²) in [4.78, 5) is 10.2. The van der Waals surface area contributed by atoms with Gasteiger partial charge in [0.05, 0.1) is 19.1 Å². The van der Waals surface area contributed by atoms with Crippen LogP contribution >= 0.6 is 0 Å². The van der Waals surface area contributed by atoms with Crippen molar-refractivity contribution in [3.8, 4) is 0 Å². The molecule has 0 aromatic heterocycles. The average molecular weight is 222 g/mol. The fraction of sp³-hybridized carbons (Fsp3) is 0.417. The molecule has 4 heteroatoms. The maximum Gasteiger partial charge on any atom is 0.0755 e. The zero-order valence-corrected chi connectivity index (χ0v) is 9.32. The van der Waals surface area contributed by atoms with Crippen LogP contribution in [-0.2, 0) is 0 Å². The molecule has 1 aliphatic rings. The second-order valence-corrected chi connectivity index (χ2v) is 3.84. The molecule has 4 N–H and O–H groups in total. The fourth-order valence-corrected chi connectivity index (χ4v) is 1.52. The number of nitrogens with two attached hydrogens (primary N) is 2. The zero-order chi connectivity index (χ0) is 11.8. The van der Waals surface area contributed by atoms with Crippen LogP contribution < -0.4 is 16.2 Å². The van der Waals surface area contributed by atoms with Crippen molar-refractivity contribution in [3.05, 3.63) is 29.8 Å². The first-order valence-corrected chi connectivity index (χ1v) is 5.58. The van der Waals surface area contributed by atoms with Gasteiger partial charge in [-0.3, -0.25) is 0 Å². The number of carboxylic acids is 1. The molecule has 1 aromatic carbocycles. The summed E-state index contributed by atoms with van der Waals surface area (Å²) in [7, 11) is 0. The molecule has 1 heterocycles. The van der Waals surface area contributed by atoms with Crippen molar-refractivity contribution >= 4 is 11.7 Å². The minimum atomic E-state index is -1.18. The van der Waals surface area contributed by atoms with Crippen LogP contribution in [0, 0.1) is 0 Å². The number of rotatable bonds is 1. The first-order chi connectivity index (χ1) is 7.70. The highest BCUT2D eigenvalue weighted by atomic mass is 16.4. The maximum atomic E-state index is 10.2. The number of piperidine rings is 1. The number of carbonyl (C=O) groups excluding carboxylic acids is 1. The van der Waals surface area contributed by atoms with E-state index in [0.717, 1.165) is 0 Å². The third kappa shape index (κ3) is 4.79. The monoisotopic (exact) mass is 222 g/mol. The van der Waals surface area contributed by atoms with Gasteiger partial charge < -0.3 is 21.0 Å². The Kier molecular flexibility index (Phi) is 5.36. The average Bonchev–Trinajstić information content (AvgIpc) is 2.32. The van der Waals surface area contributed by atoms with Crippen LogP contribution in [0.1, 0.15) is 29.6 Å². The van der Waals surface area contributed by atoms with Crippen molar-refractivity contribution < 1.29 is 15.2 Å². The van der Waals surface area contributed by atoms with Gasteiger partial charge in [-0.1, -0.05) is 12.1 Å². The number of hydrogen-bond acceptors (Lipinski definition) is 3. The Morgan fingerprint density at radius 1 is 1.12 bits per heavy atom. The van der Waals surface area contributed by atoms with E-state index < -0.39 is 5.97 Å². The third-order valence-electron chi connectivity index (χ3n) is 2.46. The molecule has 1 fully saturated rings. The van der Waals surface area contributed by atoms with E-state index >= 15 is 0 Å². The molecule has 0 bridgehead atoms. The van der Waals surface area contributed by atoms with E-state index in [0.29, 0.717) is 5.69 Å². The zero-order valence-electron chi connectivity index (χ0n) is 9.32. The number of quaternary nitrogens is 1. The molecule has 1 aliphatic heterocycles. The van der Waals surface area contributed by atoms with Crippen LogP contribution in [0.25, 0.3) is 0 Å². The van der Waals surface area contributed by atoms with Gasteiger partial charge in [-0.25, -0.2) is 0 Å². The fourth-order valence-electron chi connectivity index (χ4n) is 1.52. The lowest BCUT2D eigenvalue weighted by Gasteiger charge is -2.05. The second-order valence-electron chi connectivity index (χ2n) is 3.84. The summed E-state index contributed by atoms with van der Waals surface area (Å²) in [6, 6.07) is 5.85. The summed E-state index contributed by atoms with van der Waals surface area (Å²) >= 11 is 0. The van der Waals surface area contributed by atoms with Crippen molar-refractivity contribution in [1.29, 1.82) is 0 Å². The summed E-state index contributed by atoms with van der Waals surface area (Å²) < 4.78 is 0. The number of carboxylic acid groups (broad SMARTS) is 1. The Balaban J connectivity index is 0.000000181. The van der Waals surface area contributed by atoms with Crippen LogP contribution in [0.5, 0.6) is 0 Å². The first-order valence-electron chi connectivity index (χ1n) is 5.58. The molecule has 0 saturated carbocycles. The number of hydrogen-bond donors (Lipinski definition) is 2. The number of carbonyl (C=O) groups is 1. The Bertz CT molecular complexity index is 307. The number of nitrogen functional groups attached to an aromatic ring is 1. The summed E-state index contributed by atoms with van der Waals surface area (Å²) in [5, 5.41) is 12.6. The normalized spacial score (nSPS) is 14.8. The van der Waals surface area contributed by atoms with Gasteiger partial charge in [0, 0.05) is 5.69 Å². The third-order valence-corrected chi connectivity index (χ3v) is 2.46. The summed E-state index contributed by atoms with van der Waals surface area (Å²) in [5.74, 6) is -1.18. The molecule has 0 amide bonds. The molecule has 0 radical (unpaired) electrons. The summed E-state index contributed by atoms with van der Waals surface area (Å²) in [6.45, 7) is 2.75. The highest BCUT2D eigenvalue weighted by Gasteiger charge is 1.97. The maximum absolute atomic E-state index is 10.2. The predicted molar refractivity (Wildman–Crippen MR) is 60.7 cm³/mol. The number of anilines is 1. The Labute approximate surface area is 95.5 Å². The molecule has 4 nitrogen and oxygen atoms in total. The predicted octanol–water partition coefficient (Wildman–Crippen LogP) is -0.634. The number of aromatic carboxylic acids is 1. The Morgan fingerprint density at radius 2 is 1.69 bits per heavy atom. The van der Waals surface area contributed by atoms with Crippen molar-refractivity contribution in [2.24, 2.45) is 0 Å². The molecular formula is C12H18N2O2. The van der Waals surface area contributed by atoms with E-state index in [2.05, 4.69) is 5.32 Å². The van der Waals surface area contributed by atoms with Gasteiger partial charge >= 0.3 is 0 Å². The minimum Gasteiger partial charge on any atom is -0.545 e. The molecule has 0 spiro atoms. The van der Waals surface area contributed by atoms with Crippen molar-refractivity contribution in [3.63, 3.8) is 0 Å². The molecular weight excluding hydrogens is 204 g/mol. The lowest BCUT2D eigenvalue weighted by atomic mass is 10.2. The van der Waals surface area contributed by atoms with Crippen LogP contribution in [0.15, 0.2) is 24.3 Å². The Hall–Kier alpha value is -1.55. The molecule has 1 aromatic rings. The molecule has 1 saturated heterocycles. The molecule has 2 rings (SSSR count). The van der Waals surface area contributed by atoms with E-state index in [1.54, 1.807) is 0 Å². The SMILES string of the molecule is C1CC[NH2+]CC1.Nc1ccc(C(=O)[O-])cc1. The highest BCUT2D eigenvalue weighted by molar-refractivity contribution is 5.86. The van der Waals surface area contributed by atoms with Crippen LogP contribution in [-0.4, -0.2) is 19.1 Å². The van der Waals surface area contributed by atoms with Crippen LogP contribution in [0.3, 0.4) is 0 Å². The van der Waals surface area contributed by atoms with E-state index in [-0.39, 0.29) is 5.56 Å². The van der Waals surface area contributed by atoms with Crippen LogP contribution in [0.4, 0.5) is 5.69 Å². The number of benzene rings is 1. The molecule has 0 aliphatic carbocycles. The molecule has 16 heavy (non-hydrogen) atoms.